The molecule has 2 amide bonds. The van der Waals surface area contributed by atoms with E-state index in [4.69, 9.17) is 4.42 Å². The number of rotatable bonds is 2. The zero-order valence-electron chi connectivity index (χ0n) is 16.9. The first kappa shape index (κ1) is 17.8. The maximum atomic E-state index is 12.9. The van der Waals surface area contributed by atoms with Gasteiger partial charge in [0.15, 0.2) is 0 Å². The molecule has 0 fully saturated rings. The highest BCUT2D eigenvalue weighted by atomic mass is 16.3. The number of aromatic nitrogens is 1. The summed E-state index contributed by atoms with van der Waals surface area (Å²) in [7, 11) is 0. The Labute approximate surface area is 179 Å². The Kier molecular flexibility index (Phi) is 4.06. The molecule has 0 bridgehead atoms. The molecular formula is C26H21N3O2. The van der Waals surface area contributed by atoms with Gasteiger partial charge in [-0.15, -0.1) is 0 Å². The van der Waals surface area contributed by atoms with Crippen LogP contribution in [0.15, 0.2) is 83.6 Å². The van der Waals surface area contributed by atoms with Crippen LogP contribution in [0.3, 0.4) is 0 Å². The average Bonchev–Trinajstić information content (AvgIpc) is 3.45. The van der Waals surface area contributed by atoms with Gasteiger partial charge in [-0.1, -0.05) is 48.5 Å². The second kappa shape index (κ2) is 7.06. The quantitative estimate of drug-likeness (QED) is 0.367. The molecule has 0 spiro atoms. The van der Waals surface area contributed by atoms with E-state index < -0.39 is 0 Å². The lowest BCUT2D eigenvalue weighted by Gasteiger charge is -2.29. The number of aromatic amines is 1. The van der Waals surface area contributed by atoms with Crippen molar-refractivity contribution in [2.75, 3.05) is 11.9 Å². The summed E-state index contributed by atoms with van der Waals surface area (Å²) in [4.78, 5) is 18.0. The first-order valence-electron chi connectivity index (χ1n) is 10.5. The summed E-state index contributed by atoms with van der Waals surface area (Å²) in [6.07, 6.45) is 4.41. The van der Waals surface area contributed by atoms with E-state index in [1.165, 1.54) is 16.7 Å². The molecule has 1 aliphatic rings. The summed E-state index contributed by atoms with van der Waals surface area (Å²) < 4.78 is 5.55. The zero-order valence-corrected chi connectivity index (χ0v) is 16.9. The van der Waals surface area contributed by atoms with Crippen molar-refractivity contribution in [3.63, 3.8) is 0 Å². The van der Waals surface area contributed by atoms with Crippen LogP contribution in [0.5, 0.6) is 0 Å². The van der Waals surface area contributed by atoms with Gasteiger partial charge >= 0.3 is 6.03 Å². The molecule has 6 rings (SSSR count). The number of H-pyrrole nitrogens is 1. The van der Waals surface area contributed by atoms with Crippen molar-refractivity contribution in [3.05, 3.63) is 90.3 Å². The summed E-state index contributed by atoms with van der Waals surface area (Å²) >= 11 is 0. The van der Waals surface area contributed by atoms with Crippen molar-refractivity contribution in [1.29, 1.82) is 0 Å². The van der Waals surface area contributed by atoms with Crippen LogP contribution >= 0.6 is 0 Å². The molecule has 5 aromatic rings. The van der Waals surface area contributed by atoms with E-state index in [0.717, 1.165) is 39.5 Å². The van der Waals surface area contributed by atoms with Crippen molar-refractivity contribution < 1.29 is 9.21 Å². The largest absolute Gasteiger partial charge is 0.464 e. The number of urea groups is 1. The van der Waals surface area contributed by atoms with Gasteiger partial charge in [-0.2, -0.15) is 0 Å². The molecule has 2 aromatic heterocycles. The summed E-state index contributed by atoms with van der Waals surface area (Å²) in [5.41, 5.74) is 7.54. The van der Waals surface area contributed by atoms with E-state index in [0.29, 0.717) is 13.1 Å². The van der Waals surface area contributed by atoms with Crippen LogP contribution in [0, 0.1) is 0 Å². The van der Waals surface area contributed by atoms with Crippen molar-refractivity contribution in [2.24, 2.45) is 0 Å². The second-order valence-electron chi connectivity index (χ2n) is 8.01. The van der Waals surface area contributed by atoms with E-state index in [9.17, 15) is 4.79 Å². The predicted octanol–water partition coefficient (Wildman–Crippen LogP) is 6.17. The van der Waals surface area contributed by atoms with Gasteiger partial charge in [0.2, 0.25) is 0 Å². The van der Waals surface area contributed by atoms with E-state index in [2.05, 4.69) is 46.7 Å². The van der Waals surface area contributed by atoms with Crippen molar-refractivity contribution in [3.8, 4) is 11.1 Å². The van der Waals surface area contributed by atoms with Gasteiger partial charge in [0.1, 0.15) is 5.58 Å². The number of furan rings is 1. The number of carbonyl (C=O) groups is 1. The van der Waals surface area contributed by atoms with Crippen LogP contribution in [0.25, 0.3) is 33.0 Å². The molecule has 152 valence electrons. The highest BCUT2D eigenvalue weighted by molar-refractivity contribution is 6.01. The molecule has 2 N–H and O–H groups in total. The molecule has 1 aliphatic heterocycles. The first-order chi connectivity index (χ1) is 15.2. The normalized spacial score (nSPS) is 13.5. The molecule has 3 heterocycles. The van der Waals surface area contributed by atoms with Crippen LogP contribution in [0.2, 0.25) is 0 Å². The Hall–Kier alpha value is -3.99. The molecular weight excluding hydrogens is 386 g/mol. The molecule has 0 unspecified atom stereocenters. The SMILES string of the molecule is O=C(Nc1c[nH]c2ccccc12)N1CCc2cc(-c3ccc4ccoc4c3)ccc2C1. The molecule has 5 heteroatoms. The molecule has 0 radical (unpaired) electrons. The third-order valence-electron chi connectivity index (χ3n) is 6.13. The number of para-hydroxylation sites is 1. The Morgan fingerprint density at radius 2 is 1.84 bits per heavy atom. The molecule has 0 atom stereocenters. The minimum absolute atomic E-state index is 0.0669. The van der Waals surface area contributed by atoms with Crippen LogP contribution < -0.4 is 5.32 Å². The van der Waals surface area contributed by atoms with Crippen LogP contribution in [-0.4, -0.2) is 22.5 Å². The minimum atomic E-state index is -0.0669. The predicted molar refractivity (Wildman–Crippen MR) is 123 cm³/mol. The number of benzene rings is 3. The van der Waals surface area contributed by atoms with E-state index in [-0.39, 0.29) is 6.03 Å². The molecule has 0 aliphatic carbocycles. The summed E-state index contributed by atoms with van der Waals surface area (Å²) in [6, 6.07) is 22.7. The monoisotopic (exact) mass is 407 g/mol. The number of nitrogens with one attached hydrogen (secondary N) is 2. The highest BCUT2D eigenvalue weighted by Crippen LogP contribution is 2.30. The Morgan fingerprint density at radius 3 is 2.81 bits per heavy atom. The average molecular weight is 407 g/mol. The fourth-order valence-corrected chi connectivity index (χ4v) is 4.41. The number of hydrogen-bond donors (Lipinski definition) is 2. The summed E-state index contributed by atoms with van der Waals surface area (Å²) in [5.74, 6) is 0. The van der Waals surface area contributed by atoms with Gasteiger partial charge in [-0.25, -0.2) is 4.79 Å². The third-order valence-corrected chi connectivity index (χ3v) is 6.13. The first-order valence-corrected chi connectivity index (χ1v) is 10.5. The highest BCUT2D eigenvalue weighted by Gasteiger charge is 2.22. The van der Waals surface area contributed by atoms with Gasteiger partial charge in [0, 0.05) is 35.6 Å². The number of carbonyl (C=O) groups excluding carboxylic acids is 1. The van der Waals surface area contributed by atoms with Crippen molar-refractivity contribution >= 4 is 33.6 Å². The molecule has 0 saturated carbocycles. The van der Waals surface area contributed by atoms with Gasteiger partial charge < -0.3 is 19.6 Å². The number of nitrogens with zero attached hydrogens (tertiary/aromatic N) is 1. The number of anilines is 1. The summed E-state index contributed by atoms with van der Waals surface area (Å²) in [6.45, 7) is 1.31. The Morgan fingerprint density at radius 1 is 0.968 bits per heavy atom. The topological polar surface area (TPSA) is 61.3 Å². The molecule has 3 aromatic carbocycles. The summed E-state index contributed by atoms with van der Waals surface area (Å²) in [5, 5.41) is 5.19. The van der Waals surface area contributed by atoms with Crippen LogP contribution in [-0.2, 0) is 13.0 Å². The lowest BCUT2D eigenvalue weighted by atomic mass is 9.94. The van der Waals surface area contributed by atoms with E-state index >= 15 is 0 Å². The lowest BCUT2D eigenvalue weighted by molar-refractivity contribution is 0.206. The van der Waals surface area contributed by atoms with Gasteiger partial charge in [-0.3, -0.25) is 0 Å². The van der Waals surface area contributed by atoms with Crippen molar-refractivity contribution in [2.45, 2.75) is 13.0 Å². The third kappa shape index (κ3) is 3.15. The van der Waals surface area contributed by atoms with Gasteiger partial charge in [0.25, 0.3) is 0 Å². The van der Waals surface area contributed by atoms with Gasteiger partial charge in [0.05, 0.1) is 12.0 Å². The van der Waals surface area contributed by atoms with E-state index in [1.54, 1.807) is 6.26 Å². The minimum Gasteiger partial charge on any atom is -0.464 e. The number of amides is 2. The van der Waals surface area contributed by atoms with Crippen LogP contribution in [0.1, 0.15) is 11.1 Å². The fraction of sp³-hybridized carbons (Fsp3) is 0.115. The Balaban J connectivity index is 1.21. The van der Waals surface area contributed by atoms with Crippen LogP contribution in [0.4, 0.5) is 10.5 Å². The Bertz CT molecular complexity index is 1430. The van der Waals surface area contributed by atoms with Gasteiger partial charge in [-0.05, 0) is 46.9 Å². The number of hydrogen-bond acceptors (Lipinski definition) is 2. The molecule has 5 nitrogen and oxygen atoms in total. The fourth-order valence-electron chi connectivity index (χ4n) is 4.41. The lowest BCUT2D eigenvalue weighted by Crippen LogP contribution is -2.38. The number of fused-ring (bicyclic) bond motifs is 3. The molecule has 31 heavy (non-hydrogen) atoms. The molecule has 0 saturated heterocycles. The standard InChI is InChI=1S/C26H21N3O2/c30-26(28-24-15-27-23-4-2-1-3-22(23)24)29-11-9-20-13-18(7-8-21(20)16-29)19-6-5-17-10-12-31-25(17)14-19/h1-8,10,12-15,27H,9,11,16H2,(H,28,30). The van der Waals surface area contributed by atoms with E-state index in [1.807, 2.05) is 41.4 Å². The zero-order chi connectivity index (χ0) is 20.8. The maximum absolute atomic E-state index is 12.9. The smallest absolute Gasteiger partial charge is 0.322 e. The van der Waals surface area contributed by atoms with Crippen molar-refractivity contribution in [1.82, 2.24) is 9.88 Å². The maximum Gasteiger partial charge on any atom is 0.322 e. The second-order valence-corrected chi connectivity index (χ2v) is 8.01.